The van der Waals surface area contributed by atoms with E-state index in [9.17, 15) is 9.59 Å². The number of nitrogens with one attached hydrogen (secondary N) is 2. The third kappa shape index (κ3) is 4.88. The Bertz CT molecular complexity index is 1150. The first-order valence-electron chi connectivity index (χ1n) is 10.0. The molecule has 9 nitrogen and oxygen atoms in total. The second-order valence-corrected chi connectivity index (χ2v) is 7.52. The smallest absolute Gasteiger partial charge is 0.278 e. The van der Waals surface area contributed by atoms with E-state index in [0.29, 0.717) is 22.9 Å². The van der Waals surface area contributed by atoms with Crippen molar-refractivity contribution in [1.82, 2.24) is 15.0 Å². The summed E-state index contributed by atoms with van der Waals surface area (Å²) < 4.78 is 11.9. The molecule has 3 rings (SSSR count). The molecule has 0 saturated heterocycles. The minimum Gasteiger partial charge on any atom is -0.497 e. The number of aryl methyl sites for hydroxylation is 3. The largest absolute Gasteiger partial charge is 0.497 e. The summed E-state index contributed by atoms with van der Waals surface area (Å²) in [4.78, 5) is 25.4. The van der Waals surface area contributed by atoms with E-state index in [0.717, 1.165) is 22.4 Å². The topological polar surface area (TPSA) is 107 Å². The zero-order valence-corrected chi connectivity index (χ0v) is 19.1. The minimum absolute atomic E-state index is 0.116. The van der Waals surface area contributed by atoms with Crippen molar-refractivity contribution in [3.8, 4) is 11.5 Å². The van der Waals surface area contributed by atoms with Crippen LogP contribution in [0, 0.1) is 27.7 Å². The molecule has 0 aliphatic carbocycles. The number of anilines is 2. The molecule has 168 valence electrons. The molecule has 3 aromatic rings. The van der Waals surface area contributed by atoms with Crippen molar-refractivity contribution in [2.24, 2.45) is 0 Å². The van der Waals surface area contributed by atoms with Gasteiger partial charge in [-0.2, -0.15) is 0 Å². The van der Waals surface area contributed by atoms with Crippen LogP contribution in [0.3, 0.4) is 0 Å². The van der Waals surface area contributed by atoms with Crippen LogP contribution in [0.25, 0.3) is 0 Å². The standard InChI is InChI=1S/C23H27N5O4/c1-13-9-14(2)21(15(3)10-13)25-23(30)22-16(4)28(27-26-22)12-20(29)24-18-11-17(31-5)7-8-19(18)32-6/h7-11H,12H2,1-6H3,(H,24,29)(H,25,30). The highest BCUT2D eigenvalue weighted by Crippen LogP contribution is 2.29. The Hall–Kier alpha value is -3.88. The first-order chi connectivity index (χ1) is 15.2. The van der Waals surface area contributed by atoms with Crippen LogP contribution in [0.4, 0.5) is 11.4 Å². The van der Waals surface area contributed by atoms with E-state index < -0.39 is 0 Å². The van der Waals surface area contributed by atoms with Gasteiger partial charge in [-0.3, -0.25) is 9.59 Å². The van der Waals surface area contributed by atoms with Gasteiger partial charge in [-0.05, 0) is 51.0 Å². The van der Waals surface area contributed by atoms with Crippen LogP contribution in [-0.4, -0.2) is 41.0 Å². The highest BCUT2D eigenvalue weighted by atomic mass is 16.5. The number of carbonyl (C=O) groups excluding carboxylic acids is 2. The van der Waals surface area contributed by atoms with Gasteiger partial charge in [-0.15, -0.1) is 5.10 Å². The van der Waals surface area contributed by atoms with E-state index in [1.165, 1.54) is 11.8 Å². The third-order valence-electron chi connectivity index (χ3n) is 5.09. The predicted molar refractivity (Wildman–Crippen MR) is 122 cm³/mol. The Kier molecular flexibility index (Phi) is 6.77. The van der Waals surface area contributed by atoms with E-state index in [2.05, 4.69) is 20.9 Å². The molecule has 0 spiro atoms. The Labute approximate surface area is 186 Å². The molecule has 0 saturated carbocycles. The summed E-state index contributed by atoms with van der Waals surface area (Å²) in [6, 6.07) is 9.11. The molecule has 0 aliphatic rings. The maximum Gasteiger partial charge on any atom is 0.278 e. The number of carbonyl (C=O) groups is 2. The van der Waals surface area contributed by atoms with Crippen molar-refractivity contribution in [3.63, 3.8) is 0 Å². The molecule has 0 unspecified atom stereocenters. The van der Waals surface area contributed by atoms with Crippen LogP contribution >= 0.6 is 0 Å². The molecule has 0 bridgehead atoms. The van der Waals surface area contributed by atoms with E-state index in [-0.39, 0.29) is 24.1 Å². The number of rotatable bonds is 7. The lowest BCUT2D eigenvalue weighted by atomic mass is 10.0. The fraction of sp³-hybridized carbons (Fsp3) is 0.304. The van der Waals surface area contributed by atoms with E-state index in [4.69, 9.17) is 9.47 Å². The summed E-state index contributed by atoms with van der Waals surface area (Å²) in [5.41, 5.74) is 4.92. The quantitative estimate of drug-likeness (QED) is 0.586. The van der Waals surface area contributed by atoms with E-state index in [1.807, 2.05) is 32.9 Å². The maximum absolute atomic E-state index is 12.8. The van der Waals surface area contributed by atoms with Gasteiger partial charge in [0, 0.05) is 11.8 Å². The van der Waals surface area contributed by atoms with Crippen LogP contribution in [0.5, 0.6) is 11.5 Å². The lowest BCUT2D eigenvalue weighted by molar-refractivity contribution is -0.117. The molecule has 0 radical (unpaired) electrons. The van der Waals surface area contributed by atoms with Crippen molar-refractivity contribution in [1.29, 1.82) is 0 Å². The molecule has 0 atom stereocenters. The Morgan fingerprint density at radius 1 is 0.969 bits per heavy atom. The number of nitrogens with zero attached hydrogens (tertiary/aromatic N) is 3. The fourth-order valence-corrected chi connectivity index (χ4v) is 3.51. The summed E-state index contributed by atoms with van der Waals surface area (Å²) in [5.74, 6) is 0.359. The van der Waals surface area contributed by atoms with Gasteiger partial charge < -0.3 is 20.1 Å². The Balaban J connectivity index is 1.74. The number of methoxy groups -OCH3 is 2. The zero-order chi connectivity index (χ0) is 23.4. The SMILES string of the molecule is COc1ccc(OC)c(NC(=O)Cn2nnc(C(=O)Nc3c(C)cc(C)cc3C)c2C)c1. The lowest BCUT2D eigenvalue weighted by Gasteiger charge is -2.13. The first-order valence-corrected chi connectivity index (χ1v) is 10.0. The zero-order valence-electron chi connectivity index (χ0n) is 19.1. The molecular formula is C23H27N5O4. The van der Waals surface area contributed by atoms with Crippen LogP contribution in [-0.2, 0) is 11.3 Å². The molecule has 1 aromatic heterocycles. The van der Waals surface area contributed by atoms with Gasteiger partial charge in [0.25, 0.3) is 5.91 Å². The van der Waals surface area contributed by atoms with Crippen LogP contribution in [0.2, 0.25) is 0 Å². The van der Waals surface area contributed by atoms with Crippen molar-refractivity contribution in [2.45, 2.75) is 34.2 Å². The predicted octanol–water partition coefficient (Wildman–Crippen LogP) is 3.42. The number of benzene rings is 2. The van der Waals surface area contributed by atoms with Crippen LogP contribution < -0.4 is 20.1 Å². The van der Waals surface area contributed by atoms with Gasteiger partial charge in [0.1, 0.15) is 18.0 Å². The fourth-order valence-electron chi connectivity index (χ4n) is 3.51. The van der Waals surface area contributed by atoms with Crippen molar-refractivity contribution in [3.05, 3.63) is 58.4 Å². The normalized spacial score (nSPS) is 10.6. The maximum atomic E-state index is 12.8. The molecule has 2 aromatic carbocycles. The van der Waals surface area contributed by atoms with Gasteiger partial charge in [-0.1, -0.05) is 22.9 Å². The number of hydrogen-bond donors (Lipinski definition) is 2. The minimum atomic E-state index is -0.376. The van der Waals surface area contributed by atoms with Gasteiger partial charge >= 0.3 is 0 Å². The van der Waals surface area contributed by atoms with Gasteiger partial charge in [0.05, 0.1) is 25.6 Å². The molecular weight excluding hydrogens is 410 g/mol. The highest BCUT2D eigenvalue weighted by molar-refractivity contribution is 6.04. The van der Waals surface area contributed by atoms with Crippen LogP contribution in [0.1, 0.15) is 32.9 Å². The molecule has 32 heavy (non-hydrogen) atoms. The number of amides is 2. The summed E-state index contributed by atoms with van der Waals surface area (Å²) >= 11 is 0. The molecule has 2 amide bonds. The summed E-state index contributed by atoms with van der Waals surface area (Å²) in [6.07, 6.45) is 0. The van der Waals surface area contributed by atoms with Gasteiger partial charge in [-0.25, -0.2) is 4.68 Å². The summed E-state index contributed by atoms with van der Waals surface area (Å²) in [7, 11) is 3.06. The third-order valence-corrected chi connectivity index (χ3v) is 5.09. The Morgan fingerprint density at radius 2 is 1.66 bits per heavy atom. The van der Waals surface area contributed by atoms with Gasteiger partial charge in [0.2, 0.25) is 5.91 Å². The average Bonchev–Trinajstić information content (AvgIpc) is 3.10. The molecule has 2 N–H and O–H groups in total. The molecule has 0 aliphatic heterocycles. The first kappa shape index (κ1) is 22.8. The Morgan fingerprint density at radius 3 is 2.28 bits per heavy atom. The second kappa shape index (κ2) is 9.51. The van der Waals surface area contributed by atoms with Gasteiger partial charge in [0.15, 0.2) is 5.69 Å². The number of aromatic nitrogens is 3. The van der Waals surface area contributed by atoms with E-state index >= 15 is 0 Å². The van der Waals surface area contributed by atoms with Crippen LogP contribution in [0.15, 0.2) is 30.3 Å². The highest BCUT2D eigenvalue weighted by Gasteiger charge is 2.20. The van der Waals surface area contributed by atoms with Crippen molar-refractivity contribution >= 4 is 23.2 Å². The summed E-state index contributed by atoms with van der Waals surface area (Å²) in [5, 5.41) is 13.7. The van der Waals surface area contributed by atoms with Crippen molar-refractivity contribution < 1.29 is 19.1 Å². The molecule has 0 fully saturated rings. The van der Waals surface area contributed by atoms with Crippen molar-refractivity contribution in [2.75, 3.05) is 24.9 Å². The lowest BCUT2D eigenvalue weighted by Crippen LogP contribution is -2.21. The molecule has 1 heterocycles. The number of ether oxygens (including phenoxy) is 2. The molecule has 9 heteroatoms. The second-order valence-electron chi connectivity index (χ2n) is 7.52. The number of hydrogen-bond acceptors (Lipinski definition) is 6. The summed E-state index contributed by atoms with van der Waals surface area (Å²) in [6.45, 7) is 7.47. The average molecular weight is 438 g/mol. The van der Waals surface area contributed by atoms with E-state index in [1.54, 1.807) is 32.2 Å². The monoisotopic (exact) mass is 437 g/mol.